The molecule has 16 heteroatoms. The molecule has 0 saturated heterocycles. The van der Waals surface area contributed by atoms with Gasteiger partial charge in [-0.1, -0.05) is 181 Å². The van der Waals surface area contributed by atoms with E-state index in [1.165, 1.54) is 137 Å². The zero-order chi connectivity index (χ0) is 81.2. The number of aromatic nitrogens is 8. The van der Waals surface area contributed by atoms with Gasteiger partial charge in [0.1, 0.15) is 11.6 Å². The molecule has 20 rings (SSSR count). The topological polar surface area (TPSA) is 110 Å². The molecule has 3 aliphatic rings. The van der Waals surface area contributed by atoms with Crippen LogP contribution in [0, 0.1) is 82.1 Å². The van der Waals surface area contributed by atoms with Crippen molar-refractivity contribution in [3.8, 4) is 0 Å². The van der Waals surface area contributed by atoms with Crippen LogP contribution in [0.3, 0.4) is 0 Å². The molecule has 0 amide bonds. The molecule has 17 aromatic rings. The van der Waals surface area contributed by atoms with E-state index in [4.69, 9.17) is 0 Å². The Kier molecular flexibility index (Phi) is 33.9. The summed E-state index contributed by atoms with van der Waals surface area (Å²) >= 11 is 3.76. The zero-order valence-corrected chi connectivity index (χ0v) is 72.1. The molecule has 1 atom stereocenters. The minimum Gasteiger partial charge on any atom is -0.350 e. The number of benzene rings is 9. The van der Waals surface area contributed by atoms with Gasteiger partial charge in [-0.05, 0) is 242 Å². The van der Waals surface area contributed by atoms with Crippen LogP contribution in [0.2, 0.25) is 0 Å². The van der Waals surface area contributed by atoms with Gasteiger partial charge in [-0.15, -0.1) is 33.7 Å². The number of hydrogen-bond acceptors (Lipinski definition) is 10. The Hall–Kier alpha value is -11.4. The molecule has 0 saturated carbocycles. The molecule has 0 bridgehead atoms. The molecule has 0 radical (unpaired) electrons. The van der Waals surface area contributed by atoms with E-state index in [1.807, 2.05) is 137 Å². The maximum Gasteiger partial charge on any atom is 0.106 e. The number of hydrogen-bond donors (Lipinski definition) is 4. The van der Waals surface area contributed by atoms with Gasteiger partial charge in [0.05, 0.1) is 22.1 Å². The lowest BCUT2D eigenvalue weighted by atomic mass is 10.1. The smallest absolute Gasteiger partial charge is 0.106 e. The van der Waals surface area contributed by atoms with Gasteiger partial charge in [0.15, 0.2) is 0 Å². The molecule has 1 unspecified atom stereocenters. The lowest BCUT2D eigenvalue weighted by Gasteiger charge is -2.04. The molecule has 1 aliphatic carbocycles. The van der Waals surface area contributed by atoms with Gasteiger partial charge in [0.25, 0.3) is 0 Å². The number of nitrogens with zero attached hydrogens (tertiary/aromatic N) is 10. The lowest BCUT2D eigenvalue weighted by Crippen LogP contribution is -2.32. The van der Waals surface area contributed by atoms with E-state index in [2.05, 4.69) is 357 Å². The lowest BCUT2D eigenvalue weighted by molar-refractivity contribution is 0.327. The third-order valence-electron chi connectivity index (χ3n) is 21.0. The number of allylic oxidation sites excluding steroid dienone is 2. The van der Waals surface area contributed by atoms with E-state index < -0.39 is 0 Å². The molecule has 9 aromatic carbocycles. The summed E-state index contributed by atoms with van der Waals surface area (Å²) in [7, 11) is 16.3. The summed E-state index contributed by atoms with van der Waals surface area (Å²) in [5.41, 5.74) is 36.5. The Morgan fingerprint density at radius 1 is 0.345 bits per heavy atom. The van der Waals surface area contributed by atoms with Crippen LogP contribution in [0.4, 0.5) is 0 Å². The van der Waals surface area contributed by atoms with Gasteiger partial charge < -0.3 is 38.3 Å². The number of hydrazine groups is 4. The maximum absolute atomic E-state index is 4.38. The predicted molar refractivity (Wildman–Crippen MR) is 508 cm³/mol. The first-order valence-corrected chi connectivity index (χ1v) is 40.4. The summed E-state index contributed by atoms with van der Waals surface area (Å²) in [5.74, 6) is 2.99. The Labute approximate surface area is 700 Å². The Balaban J connectivity index is 0.000000176. The minimum atomic E-state index is 0. The van der Waals surface area contributed by atoms with Crippen LogP contribution in [0.5, 0.6) is 0 Å². The molecule has 116 heavy (non-hydrogen) atoms. The largest absolute Gasteiger partial charge is 0.350 e. The summed E-state index contributed by atoms with van der Waals surface area (Å²) < 4.78 is 15.7. The fourth-order valence-corrected chi connectivity index (χ4v) is 16.3. The zero-order valence-electron chi connectivity index (χ0n) is 70.5. The van der Waals surface area contributed by atoms with Crippen molar-refractivity contribution in [2.24, 2.45) is 48.2 Å². The van der Waals surface area contributed by atoms with Crippen LogP contribution in [-0.2, 0) is 55.1 Å². The van der Waals surface area contributed by atoms with E-state index in [9.17, 15) is 0 Å². The monoisotopic (exact) mass is 1590 g/mol. The number of para-hydroxylation sites is 8. The maximum atomic E-state index is 4.38. The van der Waals surface area contributed by atoms with E-state index in [-0.39, 0.29) is 22.3 Å². The quantitative estimate of drug-likeness (QED) is 0.119. The molecule has 8 aromatic heterocycles. The van der Waals surface area contributed by atoms with Gasteiger partial charge in [0.2, 0.25) is 0 Å². The van der Waals surface area contributed by atoms with Gasteiger partial charge in [-0.2, -0.15) is 0 Å². The van der Waals surface area contributed by atoms with E-state index in [1.54, 1.807) is 11.1 Å². The highest BCUT2D eigenvalue weighted by molar-refractivity contribution is 7.19. The van der Waals surface area contributed by atoms with Crippen molar-refractivity contribution in [1.82, 2.24) is 69.3 Å². The summed E-state index contributed by atoms with van der Waals surface area (Å²) in [5, 5.41) is 11.9. The molecule has 4 N–H and O–H groups in total. The summed E-state index contributed by atoms with van der Waals surface area (Å²) in [4.78, 5) is 11.6. The third-order valence-corrected chi connectivity index (χ3v) is 23.4. The number of thiophene rings is 2. The SMILES string of the molecule is C.C.C.CC1=CN(C)NN1.CC1=CN(C)NN1.Cc1cc2ccccc2n1C.Cc1cc2ccccc2n1C.Cc1cccc2c1CC(C)C2.Cc1cn(C)c2ccccc12.Cc1cn(C)c2ccccc12.Cc1nc2ccccc2n1C.Cc1nc2ccccc2n1C.Cc1sc2ccccc2c1C.Cc1sc2ccccc2c1C. The Bertz CT molecular complexity index is 5240. The van der Waals surface area contributed by atoms with Gasteiger partial charge in [-0.3, -0.25) is 10.0 Å². The molecule has 2 aliphatic heterocycles. The standard InChI is InChI=1S/C11H14.4C10H11N.2C10H10S.2C9H10N2.2C4H9N3.3CH4/c1-8-6-10-5-3-4-9(2)11(10)7-8;2*1-8-7-11(2)10-6-4-3-5-9(8)10;2*1-8-7-9-5-3-4-6-10(9)11(8)2;2*1-7-8(2)11-10-6-4-3-5-9(7)10;2*1-7-10-8-5-3-4-6-9(8)11(7)2;2*1-4-3-7(2)6-5-4;;;/h3-5,8H,6-7H2,1-2H3;4*3-7H,1-2H3;4*3-6H,1-2H3;2*3,5-6H,1-2H3;3*1H4. The van der Waals surface area contributed by atoms with Gasteiger partial charge in [-0.25, -0.2) is 9.97 Å². The number of nitrogens with one attached hydrogen (secondary N) is 4. The average Bonchev–Trinajstić information content (AvgIpc) is 1.66. The highest BCUT2D eigenvalue weighted by Gasteiger charge is 2.18. The molecule has 14 nitrogen and oxygen atoms in total. The van der Waals surface area contributed by atoms with Crippen LogP contribution < -0.4 is 21.9 Å². The molecule has 610 valence electrons. The number of fused-ring (bicyclic) bond motifs is 9. The normalized spacial score (nSPS) is 12.5. The van der Waals surface area contributed by atoms with Gasteiger partial charge in [0, 0.05) is 156 Å². The van der Waals surface area contributed by atoms with E-state index in [0.717, 1.165) is 40.0 Å². The second-order valence-electron chi connectivity index (χ2n) is 29.7. The highest BCUT2D eigenvalue weighted by Crippen LogP contribution is 2.32. The van der Waals surface area contributed by atoms with Crippen molar-refractivity contribution in [2.75, 3.05) is 14.1 Å². The van der Waals surface area contributed by atoms with Crippen LogP contribution >= 0.6 is 22.7 Å². The summed E-state index contributed by atoms with van der Waals surface area (Å²) in [6.45, 7) is 29.8. The van der Waals surface area contributed by atoms with Gasteiger partial charge >= 0.3 is 0 Å². The fraction of sp³-hybridized carbons (Fsp3) is 0.280. The van der Waals surface area contributed by atoms with Crippen molar-refractivity contribution < 1.29 is 0 Å². The molecule has 0 spiro atoms. The van der Waals surface area contributed by atoms with Crippen LogP contribution in [0.15, 0.2) is 261 Å². The second-order valence-corrected chi connectivity index (χ2v) is 32.2. The highest BCUT2D eigenvalue weighted by atomic mass is 32.1. The number of aryl methyl sites for hydroxylation is 17. The fourth-order valence-electron chi connectivity index (χ4n) is 14.2. The first kappa shape index (κ1) is 91.8. The molecular weight excluding hydrogens is 1460 g/mol. The first-order valence-electron chi connectivity index (χ1n) is 38.8. The first-order chi connectivity index (χ1) is 54.1. The number of rotatable bonds is 0. The second kappa shape index (κ2) is 42.8. The summed E-state index contributed by atoms with van der Waals surface area (Å²) in [6, 6.07) is 78.2. The predicted octanol–water partition coefficient (Wildman–Crippen LogP) is 25.0. The van der Waals surface area contributed by atoms with Crippen molar-refractivity contribution in [3.63, 3.8) is 0 Å². The van der Waals surface area contributed by atoms with Crippen LogP contribution in [0.1, 0.15) is 115 Å². The van der Waals surface area contributed by atoms with Crippen LogP contribution in [0.25, 0.3) is 85.9 Å². The Morgan fingerprint density at radius 2 is 0.690 bits per heavy atom. The van der Waals surface area contributed by atoms with Crippen LogP contribution in [-0.4, -0.2) is 61.5 Å². The average molecular weight is 1590 g/mol. The van der Waals surface area contributed by atoms with E-state index >= 15 is 0 Å². The Morgan fingerprint density at radius 3 is 1.02 bits per heavy atom. The molecular formula is C100H128N14S2. The minimum absolute atomic E-state index is 0. The van der Waals surface area contributed by atoms with Crippen molar-refractivity contribution >= 4 is 109 Å². The third kappa shape index (κ3) is 23.4. The van der Waals surface area contributed by atoms with Crippen molar-refractivity contribution in [1.29, 1.82) is 0 Å². The number of imidazole rings is 2. The summed E-state index contributed by atoms with van der Waals surface area (Å²) in [6.07, 6.45) is 10.8. The van der Waals surface area contributed by atoms with Crippen molar-refractivity contribution in [2.45, 2.75) is 132 Å². The molecule has 0 fully saturated rings. The molecule has 10 heterocycles. The van der Waals surface area contributed by atoms with E-state index in [0.29, 0.717) is 0 Å². The van der Waals surface area contributed by atoms with Crippen molar-refractivity contribution in [3.05, 3.63) is 332 Å².